The molecule has 0 N–H and O–H groups in total. The first-order valence-electron chi connectivity index (χ1n) is 10.5. The molecular formula is C25H29ClN2O3S. The Morgan fingerprint density at radius 1 is 1.09 bits per heavy atom. The Bertz CT molecular complexity index is 1020. The van der Waals surface area contributed by atoms with Crippen molar-refractivity contribution in [3.8, 4) is 11.3 Å². The maximum Gasteiger partial charge on any atom is 0.257 e. The van der Waals surface area contributed by atoms with Crippen molar-refractivity contribution in [2.45, 2.75) is 38.9 Å². The lowest BCUT2D eigenvalue weighted by molar-refractivity contribution is -0.132. The second-order valence-electron chi connectivity index (χ2n) is 8.40. The minimum absolute atomic E-state index is 0.148. The Kier molecular flexibility index (Phi) is 8.43. The normalized spacial score (nSPS) is 12.5. The molecule has 0 saturated carbocycles. The fraction of sp³-hybridized carbons (Fsp3) is 0.360. The molecular weight excluding hydrogens is 444 g/mol. The van der Waals surface area contributed by atoms with E-state index in [9.17, 15) is 4.79 Å². The zero-order valence-electron chi connectivity index (χ0n) is 18.9. The van der Waals surface area contributed by atoms with E-state index in [2.05, 4.69) is 4.98 Å². The number of aromatic nitrogens is 1. The average Bonchev–Trinajstić information content (AvgIpc) is 3.25. The van der Waals surface area contributed by atoms with E-state index >= 15 is 0 Å². The van der Waals surface area contributed by atoms with Gasteiger partial charge in [-0.25, -0.2) is 4.98 Å². The third kappa shape index (κ3) is 6.87. The van der Waals surface area contributed by atoms with Crippen LogP contribution in [0.3, 0.4) is 0 Å². The zero-order valence-corrected chi connectivity index (χ0v) is 20.4. The standard InChI is InChI=1S/C25H29ClN2O3S/c1-25(2,3)31-15-14-30-22(16-18-10-6-5-7-11-18)23(29)28(4)24-27-21(17-32-24)19-12-8-9-13-20(19)26/h5-13,17,22H,14-16H2,1-4H3. The van der Waals surface area contributed by atoms with Crippen LogP contribution >= 0.6 is 22.9 Å². The average molecular weight is 473 g/mol. The largest absolute Gasteiger partial charge is 0.373 e. The first kappa shape index (κ1) is 24.4. The fourth-order valence-corrected chi connectivity index (χ4v) is 4.13. The predicted molar refractivity (Wildman–Crippen MR) is 132 cm³/mol. The van der Waals surface area contributed by atoms with Crippen molar-refractivity contribution in [1.82, 2.24) is 4.98 Å². The van der Waals surface area contributed by atoms with Crippen LogP contribution in [0, 0.1) is 0 Å². The van der Waals surface area contributed by atoms with Crippen LogP contribution in [0.1, 0.15) is 26.3 Å². The highest BCUT2D eigenvalue weighted by Crippen LogP contribution is 2.31. The number of hydrogen-bond acceptors (Lipinski definition) is 5. The summed E-state index contributed by atoms with van der Waals surface area (Å²) in [6, 6.07) is 17.4. The molecule has 32 heavy (non-hydrogen) atoms. The van der Waals surface area contributed by atoms with Crippen molar-refractivity contribution in [2.24, 2.45) is 0 Å². The van der Waals surface area contributed by atoms with Crippen LogP contribution in [0.2, 0.25) is 5.02 Å². The third-order valence-electron chi connectivity index (χ3n) is 4.74. The molecule has 0 saturated heterocycles. The molecule has 3 rings (SSSR count). The summed E-state index contributed by atoms with van der Waals surface area (Å²) < 4.78 is 11.7. The van der Waals surface area contributed by atoms with Crippen molar-refractivity contribution in [3.63, 3.8) is 0 Å². The molecule has 0 aliphatic carbocycles. The van der Waals surface area contributed by atoms with Gasteiger partial charge in [0.2, 0.25) is 0 Å². The number of nitrogens with zero attached hydrogens (tertiary/aromatic N) is 2. The van der Waals surface area contributed by atoms with E-state index in [1.807, 2.05) is 80.7 Å². The van der Waals surface area contributed by atoms with Gasteiger partial charge in [0.15, 0.2) is 5.13 Å². The molecule has 3 aromatic rings. The molecule has 1 atom stereocenters. The molecule has 170 valence electrons. The lowest BCUT2D eigenvalue weighted by atomic mass is 10.1. The lowest BCUT2D eigenvalue weighted by Crippen LogP contribution is -2.40. The van der Waals surface area contributed by atoms with E-state index in [-0.39, 0.29) is 11.5 Å². The number of ether oxygens (including phenoxy) is 2. The summed E-state index contributed by atoms with van der Waals surface area (Å²) in [5.41, 5.74) is 2.37. The van der Waals surface area contributed by atoms with Crippen molar-refractivity contribution in [1.29, 1.82) is 0 Å². The third-order valence-corrected chi connectivity index (χ3v) is 5.98. The lowest BCUT2D eigenvalue weighted by Gasteiger charge is -2.24. The number of benzene rings is 2. The molecule has 1 heterocycles. The van der Waals surface area contributed by atoms with Crippen LogP contribution < -0.4 is 4.90 Å². The smallest absolute Gasteiger partial charge is 0.257 e. The van der Waals surface area contributed by atoms with Crippen LogP contribution in [-0.2, 0) is 20.7 Å². The number of thiazole rings is 1. The van der Waals surface area contributed by atoms with Gasteiger partial charge in [0.25, 0.3) is 5.91 Å². The van der Waals surface area contributed by atoms with Gasteiger partial charge in [0, 0.05) is 29.4 Å². The van der Waals surface area contributed by atoms with E-state index in [4.69, 9.17) is 21.1 Å². The number of halogens is 1. The molecule has 1 aromatic heterocycles. The van der Waals surface area contributed by atoms with Crippen molar-refractivity contribution < 1.29 is 14.3 Å². The highest BCUT2D eigenvalue weighted by Gasteiger charge is 2.26. The summed E-state index contributed by atoms with van der Waals surface area (Å²) in [6.45, 7) is 6.72. The maximum absolute atomic E-state index is 13.4. The van der Waals surface area contributed by atoms with Crippen molar-refractivity contribution >= 4 is 34.0 Å². The molecule has 0 aliphatic heterocycles. The molecule has 0 bridgehead atoms. The van der Waals surface area contributed by atoms with E-state index < -0.39 is 6.10 Å². The molecule has 0 fully saturated rings. The van der Waals surface area contributed by atoms with Gasteiger partial charge in [-0.3, -0.25) is 9.69 Å². The summed E-state index contributed by atoms with van der Waals surface area (Å²) in [5.74, 6) is -0.148. The van der Waals surface area contributed by atoms with Crippen LogP contribution in [0.5, 0.6) is 0 Å². The van der Waals surface area contributed by atoms with Gasteiger partial charge in [-0.2, -0.15) is 0 Å². The van der Waals surface area contributed by atoms with Gasteiger partial charge >= 0.3 is 0 Å². The minimum Gasteiger partial charge on any atom is -0.373 e. The monoisotopic (exact) mass is 472 g/mol. The summed E-state index contributed by atoms with van der Waals surface area (Å²) in [4.78, 5) is 19.6. The van der Waals surface area contributed by atoms with Gasteiger partial charge in [-0.15, -0.1) is 11.3 Å². The minimum atomic E-state index is -0.640. The molecule has 2 aromatic carbocycles. The van der Waals surface area contributed by atoms with Crippen LogP contribution in [0.4, 0.5) is 5.13 Å². The van der Waals surface area contributed by atoms with E-state index in [0.717, 1.165) is 16.8 Å². The zero-order chi connectivity index (χ0) is 23.1. The number of carbonyl (C=O) groups excluding carboxylic acids is 1. The van der Waals surface area contributed by atoms with Crippen LogP contribution in [0.15, 0.2) is 60.0 Å². The topological polar surface area (TPSA) is 51.7 Å². The second kappa shape index (κ2) is 11.1. The number of anilines is 1. The van der Waals surface area contributed by atoms with E-state index in [0.29, 0.717) is 29.8 Å². The van der Waals surface area contributed by atoms with Crippen molar-refractivity contribution in [2.75, 3.05) is 25.2 Å². The number of likely N-dealkylation sites (N-methyl/N-ethyl adjacent to an activating group) is 1. The molecule has 0 radical (unpaired) electrons. The van der Waals surface area contributed by atoms with Gasteiger partial charge in [-0.05, 0) is 32.4 Å². The molecule has 0 spiro atoms. The Balaban J connectivity index is 1.73. The number of carbonyl (C=O) groups is 1. The Morgan fingerprint density at radius 2 is 1.78 bits per heavy atom. The Labute approximate surface area is 199 Å². The molecule has 7 heteroatoms. The van der Waals surface area contributed by atoms with Crippen LogP contribution in [0.25, 0.3) is 11.3 Å². The van der Waals surface area contributed by atoms with Gasteiger partial charge < -0.3 is 9.47 Å². The second-order valence-corrected chi connectivity index (χ2v) is 9.65. The van der Waals surface area contributed by atoms with Gasteiger partial charge in [-0.1, -0.05) is 60.1 Å². The molecule has 0 aliphatic rings. The number of hydrogen-bond donors (Lipinski definition) is 0. The molecule has 1 unspecified atom stereocenters. The summed E-state index contributed by atoms with van der Waals surface area (Å²) in [7, 11) is 1.73. The Hall–Kier alpha value is -2.25. The fourth-order valence-electron chi connectivity index (χ4n) is 3.11. The number of rotatable bonds is 9. The first-order valence-corrected chi connectivity index (χ1v) is 11.8. The highest BCUT2D eigenvalue weighted by atomic mass is 35.5. The van der Waals surface area contributed by atoms with E-state index in [1.54, 1.807) is 11.9 Å². The van der Waals surface area contributed by atoms with Gasteiger partial charge in [0.05, 0.1) is 24.5 Å². The highest BCUT2D eigenvalue weighted by molar-refractivity contribution is 7.14. The Morgan fingerprint density at radius 3 is 2.47 bits per heavy atom. The summed E-state index contributed by atoms with van der Waals surface area (Å²) in [5, 5.41) is 3.13. The van der Waals surface area contributed by atoms with Gasteiger partial charge in [0.1, 0.15) is 6.10 Å². The SMILES string of the molecule is CN(C(=O)C(Cc1ccccc1)OCCOC(C)(C)C)c1nc(-c2ccccc2Cl)cs1. The van der Waals surface area contributed by atoms with Crippen molar-refractivity contribution in [3.05, 3.63) is 70.6 Å². The summed E-state index contributed by atoms with van der Waals surface area (Å²) in [6.07, 6.45) is -0.166. The number of amides is 1. The predicted octanol–water partition coefficient (Wildman–Crippen LogP) is 5.87. The quantitative estimate of drug-likeness (QED) is 0.365. The first-order chi connectivity index (χ1) is 15.2. The van der Waals surface area contributed by atoms with E-state index in [1.165, 1.54) is 11.3 Å². The molecule has 5 nitrogen and oxygen atoms in total. The molecule has 1 amide bonds. The van der Waals surface area contributed by atoms with Crippen LogP contribution in [-0.4, -0.2) is 42.9 Å². The summed E-state index contributed by atoms with van der Waals surface area (Å²) >= 11 is 7.71. The maximum atomic E-state index is 13.4.